The first-order chi connectivity index (χ1) is 10.6. The van der Waals surface area contributed by atoms with Crippen LogP contribution in [0.15, 0.2) is 54.6 Å². The van der Waals surface area contributed by atoms with Crippen molar-refractivity contribution in [3.63, 3.8) is 0 Å². The Morgan fingerprint density at radius 3 is 2.36 bits per heavy atom. The maximum atomic E-state index is 12.3. The fourth-order valence-corrected chi connectivity index (χ4v) is 2.22. The van der Waals surface area contributed by atoms with Gasteiger partial charge in [-0.25, -0.2) is 0 Å². The Labute approximate surface area is 130 Å². The van der Waals surface area contributed by atoms with Gasteiger partial charge in [0.2, 0.25) is 5.91 Å². The summed E-state index contributed by atoms with van der Waals surface area (Å²) in [6, 6.07) is 18.7. The summed E-state index contributed by atoms with van der Waals surface area (Å²) in [4.78, 5) is 12.3. The summed E-state index contributed by atoms with van der Waals surface area (Å²) in [5.74, 6) is -0.162. The molecule has 0 aliphatic carbocycles. The molecule has 1 amide bonds. The molecule has 0 fully saturated rings. The van der Waals surface area contributed by atoms with E-state index in [1.54, 1.807) is 24.3 Å². The second-order valence-electron chi connectivity index (χ2n) is 5.17. The van der Waals surface area contributed by atoms with Gasteiger partial charge in [-0.05, 0) is 31.5 Å². The van der Waals surface area contributed by atoms with Crippen molar-refractivity contribution in [1.82, 2.24) is 5.32 Å². The molecule has 0 aliphatic heterocycles. The SMILES string of the molecule is C[C@H](N[C@@H](C)c1ccccc1)C(=O)Nc1ccccc1C#N. The third-order valence-corrected chi connectivity index (χ3v) is 3.50. The average Bonchev–Trinajstić information content (AvgIpc) is 2.56. The zero-order valence-corrected chi connectivity index (χ0v) is 12.7. The third-order valence-electron chi connectivity index (χ3n) is 3.50. The second kappa shape index (κ2) is 7.39. The first-order valence-corrected chi connectivity index (χ1v) is 7.23. The van der Waals surface area contributed by atoms with E-state index in [9.17, 15) is 4.79 Å². The number of carbonyl (C=O) groups is 1. The molecule has 112 valence electrons. The van der Waals surface area contributed by atoms with Crippen molar-refractivity contribution in [1.29, 1.82) is 5.26 Å². The minimum absolute atomic E-state index is 0.0631. The van der Waals surface area contributed by atoms with Crippen molar-refractivity contribution in [3.05, 3.63) is 65.7 Å². The summed E-state index contributed by atoms with van der Waals surface area (Å²) in [7, 11) is 0. The quantitative estimate of drug-likeness (QED) is 0.889. The number of benzene rings is 2. The van der Waals surface area contributed by atoms with E-state index < -0.39 is 0 Å². The number of nitriles is 1. The number of amides is 1. The second-order valence-corrected chi connectivity index (χ2v) is 5.17. The lowest BCUT2D eigenvalue weighted by Gasteiger charge is -2.20. The summed E-state index contributed by atoms with van der Waals surface area (Å²) in [5.41, 5.74) is 2.12. The van der Waals surface area contributed by atoms with Gasteiger partial charge in [-0.1, -0.05) is 42.5 Å². The number of anilines is 1. The van der Waals surface area contributed by atoms with Crippen molar-refractivity contribution < 1.29 is 4.79 Å². The molecule has 2 N–H and O–H groups in total. The van der Waals surface area contributed by atoms with Crippen LogP contribution in [-0.4, -0.2) is 11.9 Å². The molecule has 2 atom stereocenters. The van der Waals surface area contributed by atoms with Gasteiger partial charge in [-0.2, -0.15) is 5.26 Å². The predicted octanol–water partition coefficient (Wildman–Crippen LogP) is 3.24. The van der Waals surface area contributed by atoms with Crippen LogP contribution in [0.25, 0.3) is 0 Å². The van der Waals surface area contributed by atoms with Gasteiger partial charge < -0.3 is 5.32 Å². The molecule has 2 rings (SSSR count). The molecule has 0 aliphatic rings. The summed E-state index contributed by atoms with van der Waals surface area (Å²) in [5, 5.41) is 15.1. The van der Waals surface area contributed by atoms with Gasteiger partial charge in [0.15, 0.2) is 0 Å². The van der Waals surface area contributed by atoms with E-state index in [-0.39, 0.29) is 18.0 Å². The monoisotopic (exact) mass is 293 g/mol. The van der Waals surface area contributed by atoms with Crippen LogP contribution in [-0.2, 0) is 4.79 Å². The number of hydrogen-bond acceptors (Lipinski definition) is 3. The molecule has 2 aromatic rings. The number of hydrogen-bond donors (Lipinski definition) is 2. The number of carbonyl (C=O) groups excluding carboxylic acids is 1. The molecule has 0 unspecified atom stereocenters. The molecule has 0 bridgehead atoms. The highest BCUT2D eigenvalue weighted by atomic mass is 16.2. The Kier molecular flexibility index (Phi) is 5.29. The van der Waals surface area contributed by atoms with Gasteiger partial charge in [0.05, 0.1) is 17.3 Å². The smallest absolute Gasteiger partial charge is 0.241 e. The molecule has 0 heterocycles. The Morgan fingerprint density at radius 1 is 1.05 bits per heavy atom. The number of para-hydroxylation sites is 1. The normalized spacial score (nSPS) is 13.0. The fourth-order valence-electron chi connectivity index (χ4n) is 2.22. The van der Waals surface area contributed by atoms with E-state index in [0.29, 0.717) is 11.3 Å². The van der Waals surface area contributed by atoms with Gasteiger partial charge in [-0.15, -0.1) is 0 Å². The molecule has 4 heteroatoms. The maximum absolute atomic E-state index is 12.3. The minimum Gasteiger partial charge on any atom is -0.324 e. The van der Waals surface area contributed by atoms with Crippen LogP contribution in [0, 0.1) is 11.3 Å². The van der Waals surface area contributed by atoms with Crippen molar-refractivity contribution in [2.75, 3.05) is 5.32 Å². The Balaban J connectivity index is 1.99. The van der Waals surface area contributed by atoms with E-state index in [0.717, 1.165) is 5.56 Å². The van der Waals surface area contributed by atoms with Crippen LogP contribution in [0.3, 0.4) is 0 Å². The van der Waals surface area contributed by atoms with Crippen LogP contribution in [0.2, 0.25) is 0 Å². The van der Waals surface area contributed by atoms with Crippen molar-refractivity contribution in [3.8, 4) is 6.07 Å². The number of nitrogens with zero attached hydrogens (tertiary/aromatic N) is 1. The van der Waals surface area contributed by atoms with E-state index in [4.69, 9.17) is 5.26 Å². The fraction of sp³-hybridized carbons (Fsp3) is 0.222. The summed E-state index contributed by atoms with van der Waals surface area (Å²) < 4.78 is 0. The Morgan fingerprint density at radius 2 is 1.68 bits per heavy atom. The van der Waals surface area contributed by atoms with Crippen molar-refractivity contribution >= 4 is 11.6 Å². The van der Waals surface area contributed by atoms with Gasteiger partial charge in [0.1, 0.15) is 6.07 Å². The molecule has 0 spiro atoms. The van der Waals surface area contributed by atoms with Crippen molar-refractivity contribution in [2.24, 2.45) is 0 Å². The molecule has 0 radical (unpaired) electrons. The van der Waals surface area contributed by atoms with E-state index >= 15 is 0 Å². The Bertz CT molecular complexity index is 676. The van der Waals surface area contributed by atoms with Crippen molar-refractivity contribution in [2.45, 2.75) is 25.9 Å². The molecule has 0 aromatic heterocycles. The third kappa shape index (κ3) is 3.94. The lowest BCUT2D eigenvalue weighted by Crippen LogP contribution is -2.39. The summed E-state index contributed by atoms with van der Waals surface area (Å²) in [6.45, 7) is 3.83. The minimum atomic E-state index is -0.373. The van der Waals surface area contributed by atoms with Gasteiger partial charge in [-0.3, -0.25) is 10.1 Å². The summed E-state index contributed by atoms with van der Waals surface area (Å²) in [6.07, 6.45) is 0. The highest BCUT2D eigenvalue weighted by Crippen LogP contribution is 2.15. The summed E-state index contributed by atoms with van der Waals surface area (Å²) >= 11 is 0. The molecular weight excluding hydrogens is 274 g/mol. The maximum Gasteiger partial charge on any atom is 0.241 e. The highest BCUT2D eigenvalue weighted by molar-refractivity contribution is 5.95. The van der Waals surface area contributed by atoms with Crippen LogP contribution < -0.4 is 10.6 Å². The van der Waals surface area contributed by atoms with Crippen LogP contribution in [0.5, 0.6) is 0 Å². The van der Waals surface area contributed by atoms with E-state index in [2.05, 4.69) is 16.7 Å². The van der Waals surface area contributed by atoms with Crippen LogP contribution in [0.4, 0.5) is 5.69 Å². The standard InChI is InChI=1S/C18H19N3O/c1-13(15-8-4-3-5-9-15)20-14(2)18(22)21-17-11-7-6-10-16(17)12-19/h3-11,13-14,20H,1-2H3,(H,21,22)/t13-,14-/m0/s1. The van der Waals surface area contributed by atoms with E-state index in [1.165, 1.54) is 0 Å². The van der Waals surface area contributed by atoms with Crippen LogP contribution >= 0.6 is 0 Å². The van der Waals surface area contributed by atoms with E-state index in [1.807, 2.05) is 44.2 Å². The largest absolute Gasteiger partial charge is 0.324 e. The first-order valence-electron chi connectivity index (χ1n) is 7.23. The molecule has 22 heavy (non-hydrogen) atoms. The van der Waals surface area contributed by atoms with Gasteiger partial charge in [0.25, 0.3) is 0 Å². The number of rotatable bonds is 5. The highest BCUT2D eigenvalue weighted by Gasteiger charge is 2.17. The van der Waals surface area contributed by atoms with Gasteiger partial charge >= 0.3 is 0 Å². The topological polar surface area (TPSA) is 64.9 Å². The Hall–Kier alpha value is -2.64. The average molecular weight is 293 g/mol. The number of nitrogens with one attached hydrogen (secondary N) is 2. The predicted molar refractivity (Wildman–Crippen MR) is 87.2 cm³/mol. The lowest BCUT2D eigenvalue weighted by atomic mass is 10.1. The first kappa shape index (κ1) is 15.7. The molecule has 0 saturated heterocycles. The zero-order chi connectivity index (χ0) is 15.9. The zero-order valence-electron chi connectivity index (χ0n) is 12.7. The molecular formula is C18H19N3O. The van der Waals surface area contributed by atoms with Gasteiger partial charge in [0, 0.05) is 6.04 Å². The molecule has 4 nitrogen and oxygen atoms in total. The van der Waals surface area contributed by atoms with Crippen LogP contribution in [0.1, 0.15) is 31.0 Å². The molecule has 2 aromatic carbocycles. The molecule has 0 saturated carbocycles. The lowest BCUT2D eigenvalue weighted by molar-refractivity contribution is -0.117.